The number of aromatic nitrogens is 4. The average molecular weight is 318 g/mol. The lowest BCUT2D eigenvalue weighted by Crippen LogP contribution is -2.28. The predicted molar refractivity (Wildman–Crippen MR) is 84.5 cm³/mol. The zero-order valence-electron chi connectivity index (χ0n) is 13.5. The van der Waals surface area contributed by atoms with Crippen LogP contribution in [0.25, 0.3) is 11.4 Å². The maximum Gasteiger partial charge on any atom is 0.141 e. The van der Waals surface area contributed by atoms with Gasteiger partial charge in [0.2, 0.25) is 0 Å². The molecule has 0 spiro atoms. The Balaban J connectivity index is 1.81. The normalized spacial score (nSPS) is 18.1. The third kappa shape index (κ3) is 3.49. The quantitative estimate of drug-likeness (QED) is 0.618. The third-order valence-corrected chi connectivity index (χ3v) is 3.90. The van der Waals surface area contributed by atoms with Gasteiger partial charge in [0.15, 0.2) is 0 Å². The molecule has 2 aromatic heterocycles. The number of hydrazine groups is 1. The first-order valence-electron chi connectivity index (χ1n) is 7.73. The number of nitrogens with one attached hydrogen (secondary N) is 1. The molecule has 0 saturated carbocycles. The maximum absolute atomic E-state index is 6.00. The van der Waals surface area contributed by atoms with E-state index in [1.165, 1.54) is 0 Å². The predicted octanol–water partition coefficient (Wildman–Crippen LogP) is 0.707. The Morgan fingerprint density at radius 3 is 3.04 bits per heavy atom. The van der Waals surface area contributed by atoms with Gasteiger partial charge in [0.25, 0.3) is 0 Å². The first-order valence-corrected chi connectivity index (χ1v) is 7.73. The van der Waals surface area contributed by atoms with E-state index in [2.05, 4.69) is 20.7 Å². The summed E-state index contributed by atoms with van der Waals surface area (Å²) in [5, 5.41) is 8.23. The largest absolute Gasteiger partial charge is 0.486 e. The molecule has 8 heteroatoms. The number of nitrogens with zero attached hydrogens (tertiary/aromatic N) is 4. The monoisotopic (exact) mass is 318 g/mol. The molecular formula is C15H22N6O2. The van der Waals surface area contributed by atoms with Crippen LogP contribution in [0, 0.1) is 6.92 Å². The van der Waals surface area contributed by atoms with Gasteiger partial charge in [0, 0.05) is 13.7 Å². The van der Waals surface area contributed by atoms with Crippen molar-refractivity contribution in [3.8, 4) is 17.1 Å². The summed E-state index contributed by atoms with van der Waals surface area (Å²) in [5.74, 6) is 6.21. The van der Waals surface area contributed by atoms with Crippen LogP contribution in [0.4, 0.5) is 0 Å². The van der Waals surface area contributed by atoms with Crippen LogP contribution in [0.15, 0.2) is 12.1 Å². The van der Waals surface area contributed by atoms with Crippen LogP contribution in [0.1, 0.15) is 24.2 Å². The fraction of sp³-hybridized carbons (Fsp3) is 0.533. The van der Waals surface area contributed by atoms with Gasteiger partial charge in [-0.25, -0.2) is 4.98 Å². The molecule has 0 unspecified atom stereocenters. The molecule has 3 heterocycles. The van der Waals surface area contributed by atoms with Gasteiger partial charge in [0.05, 0.1) is 30.2 Å². The van der Waals surface area contributed by atoms with Gasteiger partial charge in [-0.15, -0.1) is 5.10 Å². The summed E-state index contributed by atoms with van der Waals surface area (Å²) >= 11 is 0. The summed E-state index contributed by atoms with van der Waals surface area (Å²) < 4.78 is 13.1. The molecule has 124 valence electrons. The average Bonchev–Trinajstić information content (AvgIpc) is 2.92. The topological polar surface area (TPSA) is 100 Å². The zero-order chi connectivity index (χ0) is 16.2. The van der Waals surface area contributed by atoms with Crippen LogP contribution in [0.3, 0.4) is 0 Å². The van der Waals surface area contributed by atoms with Gasteiger partial charge in [0.1, 0.15) is 17.5 Å². The second-order valence-corrected chi connectivity index (χ2v) is 5.63. The van der Waals surface area contributed by atoms with Gasteiger partial charge < -0.3 is 9.47 Å². The van der Waals surface area contributed by atoms with Crippen molar-refractivity contribution >= 4 is 0 Å². The van der Waals surface area contributed by atoms with Crippen molar-refractivity contribution in [1.29, 1.82) is 0 Å². The molecular weight excluding hydrogens is 296 g/mol. The van der Waals surface area contributed by atoms with E-state index in [4.69, 9.17) is 15.3 Å². The van der Waals surface area contributed by atoms with Gasteiger partial charge in [-0.2, -0.15) is 0 Å². The molecule has 0 aromatic carbocycles. The summed E-state index contributed by atoms with van der Waals surface area (Å²) in [6.45, 7) is 3.86. The minimum atomic E-state index is 0.101. The Hall–Kier alpha value is -2.03. The van der Waals surface area contributed by atoms with Crippen LogP contribution >= 0.6 is 0 Å². The van der Waals surface area contributed by atoms with E-state index in [1.807, 2.05) is 26.1 Å². The lowest BCUT2D eigenvalue weighted by Gasteiger charge is -2.23. The summed E-state index contributed by atoms with van der Waals surface area (Å²) in [7, 11) is 1.83. The van der Waals surface area contributed by atoms with Gasteiger partial charge in [-0.05, 0) is 31.9 Å². The van der Waals surface area contributed by atoms with E-state index in [0.717, 1.165) is 48.0 Å². The van der Waals surface area contributed by atoms with Crippen molar-refractivity contribution in [3.05, 3.63) is 23.5 Å². The smallest absolute Gasteiger partial charge is 0.141 e. The molecule has 23 heavy (non-hydrogen) atoms. The van der Waals surface area contributed by atoms with Crippen LogP contribution in [0.2, 0.25) is 0 Å². The molecule has 1 aliphatic heterocycles. The minimum absolute atomic E-state index is 0.101. The molecule has 1 fully saturated rings. The summed E-state index contributed by atoms with van der Waals surface area (Å²) in [6, 6.07) is 3.83. The van der Waals surface area contributed by atoms with E-state index in [0.29, 0.717) is 13.2 Å². The lowest BCUT2D eigenvalue weighted by atomic mass is 10.1. The van der Waals surface area contributed by atoms with E-state index in [9.17, 15) is 0 Å². The highest BCUT2D eigenvalue weighted by molar-refractivity contribution is 5.58. The van der Waals surface area contributed by atoms with Crippen molar-refractivity contribution in [1.82, 2.24) is 25.4 Å². The number of aryl methyl sites for hydroxylation is 2. The molecule has 1 atom stereocenters. The second kappa shape index (κ2) is 7.03. The summed E-state index contributed by atoms with van der Waals surface area (Å²) in [4.78, 5) is 4.61. The molecule has 8 nitrogen and oxygen atoms in total. The Morgan fingerprint density at radius 1 is 1.48 bits per heavy atom. The van der Waals surface area contributed by atoms with E-state index < -0.39 is 0 Å². The number of nitrogens with two attached hydrogens (primary N) is 1. The SMILES string of the molecule is Cc1nc(-c2nnn(C)c2CNN)ccc1O[C@@H]1CCCOC1. The molecule has 1 saturated heterocycles. The van der Waals surface area contributed by atoms with E-state index >= 15 is 0 Å². The number of rotatable bonds is 5. The molecule has 3 rings (SSSR count). The number of hydrogen-bond donors (Lipinski definition) is 2. The first kappa shape index (κ1) is 15.9. The Bertz CT molecular complexity index is 666. The minimum Gasteiger partial charge on any atom is -0.486 e. The highest BCUT2D eigenvalue weighted by Gasteiger charge is 2.18. The van der Waals surface area contributed by atoms with Crippen LogP contribution in [0.5, 0.6) is 5.75 Å². The molecule has 3 N–H and O–H groups in total. The maximum atomic E-state index is 6.00. The third-order valence-electron chi connectivity index (χ3n) is 3.90. The van der Waals surface area contributed by atoms with Crippen LogP contribution < -0.4 is 16.0 Å². The van der Waals surface area contributed by atoms with Crippen LogP contribution in [-0.4, -0.2) is 39.3 Å². The number of ether oxygens (including phenoxy) is 2. The lowest BCUT2D eigenvalue weighted by molar-refractivity contribution is 0.00699. The van der Waals surface area contributed by atoms with Gasteiger partial charge in [-0.1, -0.05) is 5.21 Å². The van der Waals surface area contributed by atoms with E-state index in [-0.39, 0.29) is 6.10 Å². The number of pyridine rings is 1. The van der Waals surface area contributed by atoms with Crippen molar-refractivity contribution < 1.29 is 9.47 Å². The summed E-state index contributed by atoms with van der Waals surface area (Å²) in [5.41, 5.74) is 5.82. The number of hydrogen-bond acceptors (Lipinski definition) is 7. The highest BCUT2D eigenvalue weighted by Crippen LogP contribution is 2.25. The standard InChI is InChI=1S/C15H22N6O2/c1-10-14(23-11-4-3-7-22-9-11)6-5-12(18-10)15-13(8-17-16)21(2)20-19-15/h5-6,11,17H,3-4,7-9,16H2,1-2H3/t11-/m1/s1. The van der Waals surface area contributed by atoms with Crippen molar-refractivity contribution in [2.24, 2.45) is 12.9 Å². The highest BCUT2D eigenvalue weighted by atomic mass is 16.5. The van der Waals surface area contributed by atoms with Gasteiger partial charge in [-0.3, -0.25) is 16.0 Å². The molecule has 0 bridgehead atoms. The zero-order valence-corrected chi connectivity index (χ0v) is 13.5. The Morgan fingerprint density at radius 2 is 2.35 bits per heavy atom. The second-order valence-electron chi connectivity index (χ2n) is 5.63. The fourth-order valence-electron chi connectivity index (χ4n) is 2.66. The molecule has 2 aromatic rings. The van der Waals surface area contributed by atoms with E-state index in [1.54, 1.807) is 4.68 Å². The molecule has 0 amide bonds. The first-order chi connectivity index (χ1) is 11.2. The fourth-order valence-corrected chi connectivity index (χ4v) is 2.66. The van der Waals surface area contributed by atoms with Crippen LogP contribution in [-0.2, 0) is 18.3 Å². The Labute approximate surface area is 135 Å². The molecule has 1 aliphatic rings. The molecule has 0 radical (unpaired) electrons. The summed E-state index contributed by atoms with van der Waals surface area (Å²) in [6.07, 6.45) is 2.14. The van der Waals surface area contributed by atoms with Crippen molar-refractivity contribution in [2.45, 2.75) is 32.4 Å². The van der Waals surface area contributed by atoms with Crippen molar-refractivity contribution in [2.75, 3.05) is 13.2 Å². The van der Waals surface area contributed by atoms with Crippen molar-refractivity contribution in [3.63, 3.8) is 0 Å². The molecule has 0 aliphatic carbocycles. The Kier molecular flexibility index (Phi) is 4.85. The van der Waals surface area contributed by atoms with Gasteiger partial charge >= 0.3 is 0 Å².